The van der Waals surface area contributed by atoms with Crippen LogP contribution in [-0.2, 0) is 47.4 Å². The van der Waals surface area contributed by atoms with Crippen molar-refractivity contribution in [3.63, 3.8) is 0 Å². The van der Waals surface area contributed by atoms with E-state index in [-0.39, 0.29) is 47.2 Å². The molecule has 5 aliphatic carbocycles. The van der Waals surface area contributed by atoms with Crippen LogP contribution in [0.5, 0.6) is 0 Å². The van der Waals surface area contributed by atoms with Crippen LogP contribution in [0.15, 0.2) is 11.6 Å². The van der Waals surface area contributed by atoms with Gasteiger partial charge in [-0.15, -0.1) is 0 Å². The van der Waals surface area contributed by atoms with E-state index in [9.17, 15) is 76.3 Å². The van der Waals surface area contributed by atoms with Crippen LogP contribution >= 0.6 is 0 Å². The second-order valence-corrected chi connectivity index (χ2v) is 26.4. The van der Waals surface area contributed by atoms with Gasteiger partial charge in [0.25, 0.3) is 0 Å². The van der Waals surface area contributed by atoms with Gasteiger partial charge >= 0.3 is 5.97 Å². The molecule has 4 saturated heterocycles. The van der Waals surface area contributed by atoms with Gasteiger partial charge in [-0.2, -0.15) is 0 Å². The van der Waals surface area contributed by atoms with E-state index in [4.69, 9.17) is 42.6 Å². The Morgan fingerprint density at radius 3 is 1.81 bits per heavy atom. The molecule has 4 saturated carbocycles. The van der Waals surface area contributed by atoms with Crippen molar-refractivity contribution in [2.24, 2.45) is 50.2 Å². The van der Waals surface area contributed by atoms with Crippen LogP contribution in [0.25, 0.3) is 0 Å². The summed E-state index contributed by atoms with van der Waals surface area (Å²) >= 11 is 0. The summed E-state index contributed by atoms with van der Waals surface area (Å²) in [5, 5.41) is 153. The molecule has 24 nitrogen and oxygen atoms in total. The van der Waals surface area contributed by atoms with Crippen molar-refractivity contribution in [1.29, 1.82) is 0 Å². The van der Waals surface area contributed by atoms with E-state index >= 15 is 0 Å². The number of carbonyl (C=O) groups excluding carboxylic acids is 1. The standard InChI is InChI=1S/C55H90O24/c1-23-32(60)35(63)41(69)47(73-23)78-43-37(65)34(62)27(20-57)75-48(43)79-44-39(67)38(66)42(45(70)71-8)77-49(44)76-31-12-13-52(4)28(53(31,5)21-58)11-14-55(7)29(52)10-9-24-25-17-50(2,18-30(59)51(25,3)15-16-54(24,55)6)22-72-46-40(68)36(64)33(61)26(19-56)74-46/h9,23,25-44,46-49,56-69H,10-22H2,1-8H3. The minimum absolute atomic E-state index is 0.0385. The molecule has 0 aromatic carbocycles. The normalized spacial score (nSPS) is 55.8. The van der Waals surface area contributed by atoms with Gasteiger partial charge in [-0.05, 0) is 104 Å². The molecule has 0 spiro atoms. The molecule has 0 radical (unpaired) electrons. The molecule has 8 fully saturated rings. The summed E-state index contributed by atoms with van der Waals surface area (Å²) in [6.07, 6.45) is -26.6. The molecular weight excluding hydrogens is 1040 g/mol. The van der Waals surface area contributed by atoms with Gasteiger partial charge in [-0.1, -0.05) is 53.2 Å². The summed E-state index contributed by atoms with van der Waals surface area (Å²) in [6.45, 7) is 12.9. The maximum atomic E-state index is 13.2. The Morgan fingerprint density at radius 1 is 0.595 bits per heavy atom. The number of allylic oxidation sites excluding steroid dienone is 2. The third kappa shape index (κ3) is 10.1. The number of ether oxygens (including phenoxy) is 9. The summed E-state index contributed by atoms with van der Waals surface area (Å²) in [7, 11) is 1.07. The van der Waals surface area contributed by atoms with Crippen molar-refractivity contribution >= 4 is 5.97 Å². The lowest BCUT2D eigenvalue weighted by atomic mass is 9.33. The van der Waals surface area contributed by atoms with Crippen molar-refractivity contribution in [3.05, 3.63) is 11.6 Å². The van der Waals surface area contributed by atoms with Crippen LogP contribution in [0, 0.1) is 50.2 Å². The quantitative estimate of drug-likeness (QED) is 0.0519. The van der Waals surface area contributed by atoms with Gasteiger partial charge in [-0.25, -0.2) is 4.79 Å². The van der Waals surface area contributed by atoms with E-state index in [0.29, 0.717) is 32.1 Å². The van der Waals surface area contributed by atoms with Crippen LogP contribution in [0.3, 0.4) is 0 Å². The average Bonchev–Trinajstić information content (AvgIpc) is 2.61. The maximum absolute atomic E-state index is 13.2. The van der Waals surface area contributed by atoms with Crippen LogP contribution in [0.1, 0.15) is 106 Å². The van der Waals surface area contributed by atoms with E-state index in [1.807, 2.05) is 13.8 Å². The molecule has 454 valence electrons. The number of rotatable bonds is 13. The zero-order valence-corrected chi connectivity index (χ0v) is 46.5. The average molecular weight is 1140 g/mol. The molecule has 9 aliphatic rings. The smallest absolute Gasteiger partial charge is 0.337 e. The highest BCUT2D eigenvalue weighted by Crippen LogP contribution is 2.76. The topological polar surface area (TPSA) is 383 Å². The molecule has 79 heavy (non-hydrogen) atoms. The van der Waals surface area contributed by atoms with Gasteiger partial charge in [-0.3, -0.25) is 0 Å². The van der Waals surface area contributed by atoms with E-state index in [0.717, 1.165) is 32.8 Å². The van der Waals surface area contributed by atoms with Gasteiger partial charge in [0.05, 0.1) is 51.8 Å². The minimum atomic E-state index is -2.00. The third-order valence-electron chi connectivity index (χ3n) is 22.0. The number of aliphatic hydroxyl groups excluding tert-OH is 14. The molecule has 14 N–H and O–H groups in total. The molecular formula is C55H90O24. The number of carbonyl (C=O) groups is 1. The Hall–Kier alpha value is -1.67. The summed E-state index contributed by atoms with van der Waals surface area (Å²) in [5.41, 5.74) is -1.67. The van der Waals surface area contributed by atoms with Gasteiger partial charge in [0.15, 0.2) is 31.3 Å². The Morgan fingerprint density at radius 2 is 1.18 bits per heavy atom. The number of methoxy groups -OCH3 is 1. The SMILES string of the molecule is COC(=O)C1OC(OC2CCC3(C)C(CCC4(C)C3CC=C3C5CC(C)(COC6OC(CO)C(O)C(O)C6O)CC(O)C5(C)CCC34C)C2(C)CO)C(OC2OC(CO)C(O)C(O)C2OC2OC(C)C(O)C(O)C2O)C(O)C1O. The van der Waals surface area contributed by atoms with Crippen molar-refractivity contribution in [2.75, 3.05) is 33.5 Å². The van der Waals surface area contributed by atoms with Crippen molar-refractivity contribution in [2.45, 2.75) is 241 Å². The second-order valence-electron chi connectivity index (χ2n) is 26.4. The Bertz CT molecular complexity index is 2170. The molecule has 0 aromatic rings. The summed E-state index contributed by atoms with van der Waals surface area (Å²) in [4.78, 5) is 13.2. The molecule has 0 aromatic heterocycles. The van der Waals surface area contributed by atoms with Crippen LogP contribution in [-0.4, -0.2) is 246 Å². The molecule has 4 heterocycles. The number of esters is 1. The predicted molar refractivity (Wildman–Crippen MR) is 269 cm³/mol. The lowest BCUT2D eigenvalue weighted by Gasteiger charge is -2.72. The maximum Gasteiger partial charge on any atom is 0.337 e. The van der Waals surface area contributed by atoms with E-state index < -0.39 is 170 Å². The van der Waals surface area contributed by atoms with E-state index in [2.05, 4.69) is 33.8 Å². The largest absolute Gasteiger partial charge is 0.467 e. The lowest BCUT2D eigenvalue weighted by molar-refractivity contribution is -0.396. The fraction of sp³-hybridized carbons (Fsp3) is 0.945. The fourth-order valence-electron chi connectivity index (χ4n) is 16.7. The van der Waals surface area contributed by atoms with Gasteiger partial charge in [0, 0.05) is 10.8 Å². The van der Waals surface area contributed by atoms with Gasteiger partial charge in [0.1, 0.15) is 85.5 Å². The first kappa shape index (κ1) is 61.9. The predicted octanol–water partition coefficient (Wildman–Crippen LogP) is -2.41. The first-order chi connectivity index (χ1) is 37.0. The molecule has 0 bridgehead atoms. The Kier molecular flexibility index (Phi) is 17.7. The Labute approximate surface area is 460 Å². The third-order valence-corrected chi connectivity index (χ3v) is 22.0. The zero-order valence-electron chi connectivity index (χ0n) is 46.5. The van der Waals surface area contributed by atoms with E-state index in [1.54, 1.807) is 0 Å². The fourth-order valence-corrected chi connectivity index (χ4v) is 16.7. The van der Waals surface area contributed by atoms with Crippen LogP contribution in [0.2, 0.25) is 0 Å². The molecule has 31 unspecified atom stereocenters. The van der Waals surface area contributed by atoms with Crippen molar-refractivity contribution in [3.8, 4) is 0 Å². The number of hydrogen-bond acceptors (Lipinski definition) is 24. The second kappa shape index (κ2) is 22.6. The summed E-state index contributed by atoms with van der Waals surface area (Å²) in [6, 6.07) is 0. The van der Waals surface area contributed by atoms with Crippen molar-refractivity contribution in [1.82, 2.24) is 0 Å². The summed E-state index contributed by atoms with van der Waals surface area (Å²) in [5.74, 6) is -1.14. The highest BCUT2D eigenvalue weighted by atomic mass is 16.8. The highest BCUT2D eigenvalue weighted by molar-refractivity contribution is 5.75. The first-order valence-corrected chi connectivity index (χ1v) is 28.3. The number of fused-ring (bicyclic) bond motifs is 7. The minimum Gasteiger partial charge on any atom is -0.467 e. The van der Waals surface area contributed by atoms with Gasteiger partial charge in [0.2, 0.25) is 0 Å². The monoisotopic (exact) mass is 1130 g/mol. The molecule has 24 heteroatoms. The number of hydrogen-bond donors (Lipinski definition) is 14. The van der Waals surface area contributed by atoms with Crippen molar-refractivity contribution < 1.29 is 119 Å². The van der Waals surface area contributed by atoms with Gasteiger partial charge < -0.3 is 114 Å². The zero-order chi connectivity index (χ0) is 57.9. The first-order valence-electron chi connectivity index (χ1n) is 28.3. The molecule has 0 amide bonds. The number of aliphatic hydroxyl groups is 14. The van der Waals surface area contributed by atoms with E-state index in [1.165, 1.54) is 12.5 Å². The molecule has 4 aliphatic heterocycles. The Balaban J connectivity index is 0.970. The van der Waals surface area contributed by atoms with Crippen LogP contribution < -0.4 is 0 Å². The lowest BCUT2D eigenvalue weighted by Crippen LogP contribution is -2.68. The molecule has 31 atom stereocenters. The summed E-state index contributed by atoms with van der Waals surface area (Å²) < 4.78 is 53.6. The highest BCUT2D eigenvalue weighted by Gasteiger charge is 2.70. The van der Waals surface area contributed by atoms with Crippen LogP contribution in [0.4, 0.5) is 0 Å². The molecule has 9 rings (SSSR count).